The van der Waals surface area contributed by atoms with Crippen molar-refractivity contribution in [3.05, 3.63) is 12.2 Å². The van der Waals surface area contributed by atoms with E-state index in [4.69, 9.17) is 4.74 Å². The molecule has 0 fully saturated rings. The van der Waals surface area contributed by atoms with Gasteiger partial charge in [-0.2, -0.15) is 0 Å². The molecule has 0 saturated heterocycles. The minimum atomic E-state index is 0.287. The maximum absolute atomic E-state index is 5.26. The van der Waals surface area contributed by atoms with Gasteiger partial charge in [0, 0.05) is 6.61 Å². The predicted molar refractivity (Wildman–Crippen MR) is 40.5 cm³/mol. The van der Waals surface area contributed by atoms with E-state index >= 15 is 0 Å². The van der Waals surface area contributed by atoms with Crippen molar-refractivity contribution in [3.8, 4) is 0 Å². The summed E-state index contributed by atoms with van der Waals surface area (Å²) in [6.45, 7) is 6.98. The maximum atomic E-state index is 5.26. The van der Waals surface area contributed by atoms with Gasteiger partial charge in [-0.1, -0.05) is 19.1 Å². The van der Waals surface area contributed by atoms with Crippen LogP contribution in [0.25, 0.3) is 0 Å². The van der Waals surface area contributed by atoms with Gasteiger partial charge >= 0.3 is 0 Å². The first kappa shape index (κ1) is 8.70. The number of allylic oxidation sites excluding steroid dienone is 1. The fourth-order valence-corrected chi connectivity index (χ4v) is 0.646. The van der Waals surface area contributed by atoms with Crippen molar-refractivity contribution in [2.75, 3.05) is 6.61 Å². The van der Waals surface area contributed by atoms with Crippen LogP contribution in [0.1, 0.15) is 27.2 Å². The van der Waals surface area contributed by atoms with E-state index in [9.17, 15) is 0 Å². The van der Waals surface area contributed by atoms with Crippen molar-refractivity contribution >= 4 is 0 Å². The van der Waals surface area contributed by atoms with Crippen LogP contribution in [-0.2, 0) is 4.74 Å². The van der Waals surface area contributed by atoms with E-state index in [0.29, 0.717) is 0 Å². The van der Waals surface area contributed by atoms with E-state index in [1.807, 2.05) is 6.92 Å². The highest BCUT2D eigenvalue weighted by molar-refractivity contribution is 4.85. The molecule has 1 nitrogen and oxygen atoms in total. The van der Waals surface area contributed by atoms with E-state index in [2.05, 4.69) is 26.0 Å². The molecule has 1 unspecified atom stereocenters. The highest BCUT2D eigenvalue weighted by Gasteiger charge is 1.90. The van der Waals surface area contributed by atoms with Crippen LogP contribution in [0.3, 0.4) is 0 Å². The Labute approximate surface area is 57.7 Å². The molecule has 0 aliphatic heterocycles. The van der Waals surface area contributed by atoms with Crippen molar-refractivity contribution in [1.82, 2.24) is 0 Å². The highest BCUT2D eigenvalue weighted by atomic mass is 16.5. The van der Waals surface area contributed by atoms with E-state index < -0.39 is 0 Å². The zero-order chi connectivity index (χ0) is 7.11. The molecule has 0 bridgehead atoms. The van der Waals surface area contributed by atoms with Gasteiger partial charge in [0.1, 0.15) is 0 Å². The molecule has 9 heavy (non-hydrogen) atoms. The van der Waals surface area contributed by atoms with E-state index in [0.717, 1.165) is 13.0 Å². The average Bonchev–Trinajstić information content (AvgIpc) is 1.85. The summed E-state index contributed by atoms with van der Waals surface area (Å²) in [6.07, 6.45) is 5.59. The quantitative estimate of drug-likeness (QED) is 0.528. The van der Waals surface area contributed by atoms with Crippen LogP contribution in [0, 0.1) is 0 Å². The lowest BCUT2D eigenvalue weighted by atomic mass is 10.3. The molecule has 0 spiro atoms. The van der Waals surface area contributed by atoms with Crippen LogP contribution in [0.4, 0.5) is 0 Å². The van der Waals surface area contributed by atoms with Gasteiger partial charge in [-0.25, -0.2) is 0 Å². The van der Waals surface area contributed by atoms with Gasteiger partial charge < -0.3 is 4.74 Å². The monoisotopic (exact) mass is 128 g/mol. The Kier molecular flexibility index (Phi) is 5.64. The lowest BCUT2D eigenvalue weighted by Gasteiger charge is -2.03. The molecule has 0 aromatic heterocycles. The molecule has 0 aromatic carbocycles. The fourth-order valence-electron chi connectivity index (χ4n) is 0.646. The van der Waals surface area contributed by atoms with Crippen molar-refractivity contribution in [2.45, 2.75) is 33.3 Å². The van der Waals surface area contributed by atoms with Gasteiger partial charge in [0.2, 0.25) is 0 Å². The van der Waals surface area contributed by atoms with Gasteiger partial charge in [0.05, 0.1) is 6.10 Å². The summed E-state index contributed by atoms with van der Waals surface area (Å²) in [6, 6.07) is 0. The van der Waals surface area contributed by atoms with Crippen molar-refractivity contribution in [2.24, 2.45) is 0 Å². The molecule has 0 saturated carbocycles. The number of hydrogen-bond acceptors (Lipinski definition) is 1. The van der Waals surface area contributed by atoms with Crippen molar-refractivity contribution < 1.29 is 4.74 Å². The van der Waals surface area contributed by atoms with Crippen molar-refractivity contribution in [3.63, 3.8) is 0 Å². The van der Waals surface area contributed by atoms with Gasteiger partial charge in [-0.15, -0.1) is 0 Å². The third kappa shape index (κ3) is 5.57. The lowest BCUT2D eigenvalue weighted by molar-refractivity contribution is 0.109. The lowest BCUT2D eigenvalue weighted by Crippen LogP contribution is -2.02. The third-order valence-corrected chi connectivity index (χ3v) is 1.07. The predicted octanol–water partition coefficient (Wildman–Crippen LogP) is 2.38. The first-order valence-electron chi connectivity index (χ1n) is 3.59. The molecule has 1 atom stereocenters. The minimum Gasteiger partial charge on any atom is -0.375 e. The summed E-state index contributed by atoms with van der Waals surface area (Å²) in [5.41, 5.74) is 0. The molecule has 0 N–H and O–H groups in total. The second-order valence-electron chi connectivity index (χ2n) is 2.00. The molecule has 0 amide bonds. The summed E-state index contributed by atoms with van der Waals surface area (Å²) < 4.78 is 5.26. The van der Waals surface area contributed by atoms with Crippen LogP contribution in [0.2, 0.25) is 0 Å². The number of rotatable bonds is 4. The summed E-state index contributed by atoms with van der Waals surface area (Å²) in [5.74, 6) is 0. The number of ether oxygens (including phenoxy) is 1. The molecule has 0 aliphatic rings. The van der Waals surface area contributed by atoms with Gasteiger partial charge in [-0.05, 0) is 20.3 Å². The van der Waals surface area contributed by atoms with Crippen LogP contribution in [-0.4, -0.2) is 12.7 Å². The zero-order valence-corrected chi connectivity index (χ0v) is 6.55. The molecule has 0 aliphatic carbocycles. The first-order chi connectivity index (χ1) is 4.31. The average molecular weight is 128 g/mol. The van der Waals surface area contributed by atoms with Crippen LogP contribution >= 0.6 is 0 Å². The molecule has 54 valence electrons. The topological polar surface area (TPSA) is 9.23 Å². The normalized spacial score (nSPS) is 14.6. The van der Waals surface area contributed by atoms with Crippen LogP contribution in [0.5, 0.6) is 0 Å². The standard InChI is InChI=1S/C8H16O/c1-4-6-7-8(3)9-5-2/h6-8H,4-5H2,1-3H3/b7-6+. The Balaban J connectivity index is 3.25. The van der Waals surface area contributed by atoms with Crippen LogP contribution < -0.4 is 0 Å². The van der Waals surface area contributed by atoms with E-state index in [1.165, 1.54) is 0 Å². The summed E-state index contributed by atoms with van der Waals surface area (Å²) in [7, 11) is 0. The first-order valence-corrected chi connectivity index (χ1v) is 3.59. The molecule has 0 rings (SSSR count). The summed E-state index contributed by atoms with van der Waals surface area (Å²) >= 11 is 0. The zero-order valence-electron chi connectivity index (χ0n) is 6.55. The molecular formula is C8H16O. The smallest absolute Gasteiger partial charge is 0.0727 e. The Morgan fingerprint density at radius 1 is 1.44 bits per heavy atom. The van der Waals surface area contributed by atoms with Crippen molar-refractivity contribution in [1.29, 1.82) is 0 Å². The molecule has 1 heteroatoms. The fraction of sp³-hybridized carbons (Fsp3) is 0.750. The Bertz CT molecular complexity index is 76.6. The Hall–Kier alpha value is -0.300. The maximum Gasteiger partial charge on any atom is 0.0727 e. The van der Waals surface area contributed by atoms with Crippen LogP contribution in [0.15, 0.2) is 12.2 Å². The summed E-state index contributed by atoms with van der Waals surface area (Å²) in [5, 5.41) is 0. The van der Waals surface area contributed by atoms with E-state index in [1.54, 1.807) is 0 Å². The van der Waals surface area contributed by atoms with Gasteiger partial charge in [0.15, 0.2) is 0 Å². The second kappa shape index (κ2) is 5.83. The number of hydrogen-bond donors (Lipinski definition) is 0. The largest absolute Gasteiger partial charge is 0.375 e. The molecule has 0 radical (unpaired) electrons. The molecule has 0 heterocycles. The summed E-state index contributed by atoms with van der Waals surface area (Å²) in [4.78, 5) is 0. The highest BCUT2D eigenvalue weighted by Crippen LogP contribution is 1.92. The Morgan fingerprint density at radius 2 is 2.11 bits per heavy atom. The van der Waals surface area contributed by atoms with Gasteiger partial charge in [0.25, 0.3) is 0 Å². The van der Waals surface area contributed by atoms with E-state index in [-0.39, 0.29) is 6.10 Å². The van der Waals surface area contributed by atoms with Gasteiger partial charge in [-0.3, -0.25) is 0 Å². The molecule has 0 aromatic rings. The minimum absolute atomic E-state index is 0.287. The Morgan fingerprint density at radius 3 is 2.56 bits per heavy atom. The second-order valence-corrected chi connectivity index (χ2v) is 2.00. The SMILES string of the molecule is CC/C=C/C(C)OCC. The molecular weight excluding hydrogens is 112 g/mol. The third-order valence-electron chi connectivity index (χ3n) is 1.07.